The van der Waals surface area contributed by atoms with Gasteiger partial charge in [0.2, 0.25) is 0 Å². The van der Waals surface area contributed by atoms with Crippen LogP contribution < -0.4 is 0 Å². The fourth-order valence-corrected chi connectivity index (χ4v) is 3.73. The second kappa shape index (κ2) is 10.4. The Morgan fingerprint density at radius 2 is 1.80 bits per heavy atom. The number of benzene rings is 1. The van der Waals surface area contributed by atoms with Gasteiger partial charge < -0.3 is 9.80 Å². The molecule has 0 saturated carbocycles. The minimum absolute atomic E-state index is 0.147. The zero-order chi connectivity index (χ0) is 18.1. The molecule has 1 atom stereocenters. The first kappa shape index (κ1) is 19.7. The minimum atomic E-state index is 0.147. The van der Waals surface area contributed by atoms with Gasteiger partial charge in [-0.1, -0.05) is 50.2 Å². The molecule has 0 aliphatic heterocycles. The van der Waals surface area contributed by atoms with Crippen LogP contribution in [-0.4, -0.2) is 41.4 Å². The van der Waals surface area contributed by atoms with Gasteiger partial charge in [-0.05, 0) is 56.4 Å². The summed E-state index contributed by atoms with van der Waals surface area (Å²) in [4.78, 5) is 18.3. The van der Waals surface area contributed by atoms with Crippen molar-refractivity contribution in [1.29, 1.82) is 0 Å². The van der Waals surface area contributed by atoms with Gasteiger partial charge in [-0.25, -0.2) is 0 Å². The van der Waals surface area contributed by atoms with Gasteiger partial charge in [-0.15, -0.1) is 11.3 Å². The molecule has 0 spiro atoms. The molecule has 25 heavy (non-hydrogen) atoms. The molecule has 0 saturated heterocycles. The molecular weight excluding hydrogens is 328 g/mol. The van der Waals surface area contributed by atoms with Crippen molar-refractivity contribution in [3.63, 3.8) is 0 Å². The van der Waals surface area contributed by atoms with E-state index in [-0.39, 0.29) is 11.9 Å². The monoisotopic (exact) mass is 358 g/mol. The minimum Gasteiger partial charge on any atom is -0.331 e. The highest BCUT2D eigenvalue weighted by Crippen LogP contribution is 2.19. The van der Waals surface area contributed by atoms with E-state index in [2.05, 4.69) is 37.8 Å². The number of carbonyl (C=O) groups is 1. The van der Waals surface area contributed by atoms with Crippen molar-refractivity contribution in [2.45, 2.75) is 46.2 Å². The molecule has 1 aromatic heterocycles. The van der Waals surface area contributed by atoms with E-state index >= 15 is 0 Å². The first-order chi connectivity index (χ1) is 12.2. The molecule has 0 aliphatic carbocycles. The third-order valence-corrected chi connectivity index (χ3v) is 5.57. The van der Waals surface area contributed by atoms with Crippen LogP contribution >= 0.6 is 11.3 Å². The number of rotatable bonds is 10. The van der Waals surface area contributed by atoms with Crippen molar-refractivity contribution >= 4 is 17.2 Å². The lowest BCUT2D eigenvalue weighted by molar-refractivity contribution is 0.0667. The fourth-order valence-electron chi connectivity index (χ4n) is 3.06. The maximum Gasteiger partial charge on any atom is 0.264 e. The molecule has 1 unspecified atom stereocenters. The second-order valence-corrected chi connectivity index (χ2v) is 7.36. The van der Waals surface area contributed by atoms with E-state index < -0.39 is 0 Å². The van der Waals surface area contributed by atoms with Crippen LogP contribution in [0.2, 0.25) is 0 Å². The number of amides is 1. The van der Waals surface area contributed by atoms with Crippen molar-refractivity contribution in [2.75, 3.05) is 19.6 Å². The molecule has 4 heteroatoms. The van der Waals surface area contributed by atoms with Gasteiger partial charge in [0.05, 0.1) is 4.88 Å². The molecule has 136 valence electrons. The van der Waals surface area contributed by atoms with Gasteiger partial charge in [0.15, 0.2) is 0 Å². The fraction of sp³-hybridized carbons (Fsp3) is 0.476. The summed E-state index contributed by atoms with van der Waals surface area (Å²) in [5.41, 5.74) is 1.18. The zero-order valence-electron chi connectivity index (χ0n) is 15.6. The van der Waals surface area contributed by atoms with E-state index in [1.54, 1.807) is 0 Å². The highest BCUT2D eigenvalue weighted by molar-refractivity contribution is 7.12. The first-order valence-electron chi connectivity index (χ1n) is 9.26. The van der Waals surface area contributed by atoms with Crippen molar-refractivity contribution < 1.29 is 4.79 Å². The van der Waals surface area contributed by atoms with E-state index in [1.165, 1.54) is 16.9 Å². The van der Waals surface area contributed by atoms with Crippen LogP contribution in [0.3, 0.4) is 0 Å². The molecule has 0 bridgehead atoms. The molecular formula is C21H30N2OS. The van der Waals surface area contributed by atoms with E-state index in [0.29, 0.717) is 6.54 Å². The van der Waals surface area contributed by atoms with E-state index in [1.807, 2.05) is 40.6 Å². The highest BCUT2D eigenvalue weighted by Gasteiger charge is 2.22. The molecule has 1 aromatic carbocycles. The van der Waals surface area contributed by atoms with Gasteiger partial charge >= 0.3 is 0 Å². The van der Waals surface area contributed by atoms with Crippen LogP contribution in [0.15, 0.2) is 47.8 Å². The maximum atomic E-state index is 13.0. The summed E-state index contributed by atoms with van der Waals surface area (Å²) in [5.74, 6) is 0.147. The predicted octanol–water partition coefficient (Wildman–Crippen LogP) is 4.90. The van der Waals surface area contributed by atoms with Gasteiger partial charge in [0, 0.05) is 12.6 Å². The van der Waals surface area contributed by atoms with Crippen molar-refractivity contribution in [2.24, 2.45) is 0 Å². The lowest BCUT2D eigenvalue weighted by Crippen LogP contribution is -2.38. The Labute approximate surface area is 156 Å². The average molecular weight is 359 g/mol. The van der Waals surface area contributed by atoms with Crippen LogP contribution in [0.1, 0.15) is 48.8 Å². The number of nitrogens with zero attached hydrogens (tertiary/aromatic N) is 2. The molecule has 1 heterocycles. The van der Waals surface area contributed by atoms with Crippen LogP contribution in [0.25, 0.3) is 0 Å². The Kier molecular flexibility index (Phi) is 8.16. The Hall–Kier alpha value is -1.65. The predicted molar refractivity (Wildman–Crippen MR) is 107 cm³/mol. The van der Waals surface area contributed by atoms with Crippen LogP contribution in [0.4, 0.5) is 0 Å². The largest absolute Gasteiger partial charge is 0.331 e. The highest BCUT2D eigenvalue weighted by atomic mass is 32.1. The average Bonchev–Trinajstić information content (AvgIpc) is 3.18. The van der Waals surface area contributed by atoms with Crippen LogP contribution in [-0.2, 0) is 6.54 Å². The summed E-state index contributed by atoms with van der Waals surface area (Å²) >= 11 is 1.52. The first-order valence-corrected chi connectivity index (χ1v) is 10.1. The van der Waals surface area contributed by atoms with E-state index in [9.17, 15) is 4.79 Å². The zero-order valence-corrected chi connectivity index (χ0v) is 16.5. The number of thiophene rings is 1. The van der Waals surface area contributed by atoms with Crippen molar-refractivity contribution in [3.8, 4) is 0 Å². The quantitative estimate of drug-likeness (QED) is 0.603. The molecule has 0 radical (unpaired) electrons. The normalized spacial score (nSPS) is 12.3. The molecule has 0 N–H and O–H groups in total. The van der Waals surface area contributed by atoms with Gasteiger partial charge in [-0.3, -0.25) is 4.79 Å². The maximum absolute atomic E-state index is 13.0. The second-order valence-electron chi connectivity index (χ2n) is 6.41. The van der Waals surface area contributed by atoms with Crippen LogP contribution in [0.5, 0.6) is 0 Å². The van der Waals surface area contributed by atoms with Crippen LogP contribution in [0, 0.1) is 0 Å². The Bertz CT molecular complexity index is 608. The number of hydrogen-bond donors (Lipinski definition) is 0. The topological polar surface area (TPSA) is 23.6 Å². The lowest BCUT2D eigenvalue weighted by atomic mass is 10.1. The number of hydrogen-bond acceptors (Lipinski definition) is 3. The Balaban J connectivity index is 2.03. The molecule has 1 amide bonds. The standard InChI is InChI=1S/C21H30N2OS/c1-4-22(5-2)15-9-11-18(3)23(17-19-12-7-6-8-13-19)21(24)20-14-10-16-25-20/h6-8,10,12-14,16,18H,4-5,9,11,15,17H2,1-3H3. The van der Waals surface area contributed by atoms with Gasteiger partial charge in [0.1, 0.15) is 0 Å². The summed E-state index contributed by atoms with van der Waals surface area (Å²) in [5, 5.41) is 1.97. The summed E-state index contributed by atoms with van der Waals surface area (Å²) < 4.78 is 0. The molecule has 0 fully saturated rings. The van der Waals surface area contributed by atoms with Crippen molar-refractivity contribution in [3.05, 3.63) is 58.3 Å². The summed E-state index contributed by atoms with van der Waals surface area (Å²) in [7, 11) is 0. The number of carbonyl (C=O) groups excluding carboxylic acids is 1. The molecule has 2 rings (SSSR count). The third kappa shape index (κ3) is 5.98. The SMILES string of the molecule is CCN(CC)CCCC(C)N(Cc1ccccc1)C(=O)c1cccs1. The Morgan fingerprint density at radius 3 is 2.40 bits per heavy atom. The van der Waals surface area contributed by atoms with E-state index in [0.717, 1.165) is 37.4 Å². The molecule has 2 aromatic rings. The molecule has 3 nitrogen and oxygen atoms in total. The summed E-state index contributed by atoms with van der Waals surface area (Å²) in [6.07, 6.45) is 2.15. The summed E-state index contributed by atoms with van der Waals surface area (Å²) in [6.45, 7) is 10.5. The summed E-state index contributed by atoms with van der Waals surface area (Å²) in [6, 6.07) is 14.4. The van der Waals surface area contributed by atoms with Crippen molar-refractivity contribution in [1.82, 2.24) is 9.80 Å². The Morgan fingerprint density at radius 1 is 1.08 bits per heavy atom. The third-order valence-electron chi connectivity index (χ3n) is 4.71. The van der Waals surface area contributed by atoms with Gasteiger partial charge in [-0.2, -0.15) is 0 Å². The van der Waals surface area contributed by atoms with E-state index in [4.69, 9.17) is 0 Å². The van der Waals surface area contributed by atoms with Gasteiger partial charge in [0.25, 0.3) is 5.91 Å². The smallest absolute Gasteiger partial charge is 0.264 e. The molecule has 0 aliphatic rings. The lowest BCUT2D eigenvalue weighted by Gasteiger charge is -2.30.